The molecule has 0 bridgehead atoms. The second kappa shape index (κ2) is 6.86. The van der Waals surface area contributed by atoms with Crippen LogP contribution in [0.1, 0.15) is 42.4 Å². The number of hydrogen-bond acceptors (Lipinski definition) is 3. The average molecular weight is 275 g/mol. The van der Waals surface area contributed by atoms with Gasteiger partial charge in [0.25, 0.3) is 0 Å². The Morgan fingerprint density at radius 1 is 1.45 bits per heavy atom. The maximum absolute atomic E-state index is 9.04. The van der Waals surface area contributed by atoms with Crippen LogP contribution in [0.2, 0.25) is 0 Å². The van der Waals surface area contributed by atoms with Crippen molar-refractivity contribution in [1.82, 2.24) is 4.90 Å². The molecule has 4 nitrogen and oxygen atoms in total. The van der Waals surface area contributed by atoms with Gasteiger partial charge >= 0.3 is 0 Å². The Morgan fingerprint density at radius 2 is 2.20 bits per heavy atom. The molecule has 0 amide bonds. The third-order valence-electron chi connectivity index (χ3n) is 4.22. The first-order valence-electron chi connectivity index (χ1n) is 7.40. The van der Waals surface area contributed by atoms with Gasteiger partial charge in [-0.15, -0.1) is 0 Å². The molecule has 20 heavy (non-hydrogen) atoms. The maximum Gasteiger partial charge on any atom is 0.122 e. The van der Waals surface area contributed by atoms with Gasteiger partial charge in [-0.25, -0.2) is 0 Å². The summed E-state index contributed by atoms with van der Waals surface area (Å²) in [4.78, 5) is 2.48. The number of amidine groups is 1. The van der Waals surface area contributed by atoms with Crippen molar-refractivity contribution in [3.05, 3.63) is 34.9 Å². The fraction of sp³-hybridized carbons (Fsp3) is 0.562. The fourth-order valence-corrected chi connectivity index (χ4v) is 2.68. The number of rotatable bonds is 7. The number of aliphatic hydroxyl groups excluding tert-OH is 1. The van der Waals surface area contributed by atoms with Crippen LogP contribution in [0.3, 0.4) is 0 Å². The number of nitrogen functional groups attached to an aromatic ring is 1. The summed E-state index contributed by atoms with van der Waals surface area (Å²) < 4.78 is 0. The van der Waals surface area contributed by atoms with Gasteiger partial charge in [-0.1, -0.05) is 18.6 Å². The van der Waals surface area contributed by atoms with Crippen molar-refractivity contribution in [3.8, 4) is 0 Å². The van der Waals surface area contributed by atoms with Crippen molar-refractivity contribution >= 4 is 5.84 Å². The van der Waals surface area contributed by atoms with Crippen LogP contribution in [0.5, 0.6) is 0 Å². The zero-order valence-corrected chi connectivity index (χ0v) is 12.2. The van der Waals surface area contributed by atoms with Gasteiger partial charge in [-0.3, -0.25) is 10.3 Å². The molecular weight excluding hydrogens is 250 g/mol. The van der Waals surface area contributed by atoms with E-state index in [1.54, 1.807) is 0 Å². The van der Waals surface area contributed by atoms with Gasteiger partial charge < -0.3 is 10.8 Å². The highest BCUT2D eigenvalue weighted by molar-refractivity contribution is 5.95. The van der Waals surface area contributed by atoms with E-state index in [2.05, 4.69) is 17.9 Å². The van der Waals surface area contributed by atoms with Crippen molar-refractivity contribution in [2.75, 3.05) is 13.2 Å². The van der Waals surface area contributed by atoms with Gasteiger partial charge in [0.15, 0.2) is 0 Å². The molecule has 0 unspecified atom stereocenters. The Labute approximate surface area is 121 Å². The van der Waals surface area contributed by atoms with Crippen LogP contribution in [-0.4, -0.2) is 35.0 Å². The highest BCUT2D eigenvalue weighted by atomic mass is 16.3. The third-order valence-corrected chi connectivity index (χ3v) is 4.22. The topological polar surface area (TPSA) is 73.3 Å². The van der Waals surface area contributed by atoms with Crippen molar-refractivity contribution in [2.24, 2.45) is 5.73 Å². The first-order valence-corrected chi connectivity index (χ1v) is 7.40. The molecule has 1 saturated carbocycles. The summed E-state index contributed by atoms with van der Waals surface area (Å²) in [6, 6.07) is 6.67. The molecule has 1 aliphatic rings. The first-order chi connectivity index (χ1) is 9.61. The average Bonchev–Trinajstić information content (AvgIpc) is 2.35. The van der Waals surface area contributed by atoms with Crippen molar-refractivity contribution in [2.45, 2.75) is 45.2 Å². The molecule has 0 radical (unpaired) electrons. The number of nitrogens with zero attached hydrogens (tertiary/aromatic N) is 1. The molecule has 1 aliphatic carbocycles. The van der Waals surface area contributed by atoms with E-state index in [1.807, 2.05) is 12.1 Å². The molecule has 0 spiro atoms. The zero-order chi connectivity index (χ0) is 14.5. The minimum atomic E-state index is 0.121. The number of aliphatic hydroxyl groups is 1. The number of benzene rings is 1. The summed E-state index contributed by atoms with van der Waals surface area (Å²) in [5.74, 6) is 0.121. The van der Waals surface area contributed by atoms with Crippen LogP contribution < -0.4 is 5.73 Å². The Hall–Kier alpha value is -1.39. The molecule has 4 heteroatoms. The number of hydrogen-bond donors (Lipinski definition) is 3. The van der Waals surface area contributed by atoms with E-state index in [9.17, 15) is 0 Å². The van der Waals surface area contributed by atoms with Crippen LogP contribution in [0.4, 0.5) is 0 Å². The Balaban J connectivity index is 2.07. The summed E-state index contributed by atoms with van der Waals surface area (Å²) in [7, 11) is 0. The molecule has 4 N–H and O–H groups in total. The second-order valence-electron chi connectivity index (χ2n) is 5.69. The molecule has 110 valence electrons. The Kier molecular flexibility index (Phi) is 5.15. The van der Waals surface area contributed by atoms with Gasteiger partial charge in [0.2, 0.25) is 0 Å². The number of aryl methyl sites for hydroxylation is 1. The van der Waals surface area contributed by atoms with Gasteiger partial charge in [-0.05, 0) is 43.4 Å². The minimum absolute atomic E-state index is 0.121. The van der Waals surface area contributed by atoms with Crippen LogP contribution in [0.15, 0.2) is 18.2 Å². The first kappa shape index (κ1) is 15.0. The summed E-state index contributed by atoms with van der Waals surface area (Å²) in [5, 5.41) is 16.5. The molecule has 1 fully saturated rings. The lowest BCUT2D eigenvalue weighted by atomic mass is 9.90. The second-order valence-corrected chi connectivity index (χ2v) is 5.69. The van der Waals surface area contributed by atoms with E-state index in [0.29, 0.717) is 6.04 Å². The molecule has 0 atom stereocenters. The van der Waals surface area contributed by atoms with Crippen LogP contribution in [0.25, 0.3) is 0 Å². The van der Waals surface area contributed by atoms with Crippen LogP contribution in [-0.2, 0) is 6.54 Å². The molecular formula is C16H25N3O. The lowest BCUT2D eigenvalue weighted by molar-refractivity contribution is 0.109. The molecule has 0 saturated heterocycles. The minimum Gasteiger partial charge on any atom is -0.396 e. The van der Waals surface area contributed by atoms with E-state index in [0.717, 1.165) is 25.1 Å². The summed E-state index contributed by atoms with van der Waals surface area (Å²) in [5.41, 5.74) is 8.79. The van der Waals surface area contributed by atoms with Gasteiger partial charge in [0.05, 0.1) is 0 Å². The van der Waals surface area contributed by atoms with E-state index in [4.69, 9.17) is 16.2 Å². The summed E-state index contributed by atoms with van der Waals surface area (Å²) in [6.45, 7) is 4.21. The predicted molar refractivity (Wildman–Crippen MR) is 81.9 cm³/mol. The summed E-state index contributed by atoms with van der Waals surface area (Å²) >= 11 is 0. The molecule has 1 aromatic carbocycles. The fourth-order valence-electron chi connectivity index (χ4n) is 2.68. The monoisotopic (exact) mass is 275 g/mol. The van der Waals surface area contributed by atoms with E-state index < -0.39 is 0 Å². The lowest BCUT2D eigenvalue weighted by Crippen LogP contribution is -2.40. The van der Waals surface area contributed by atoms with Crippen LogP contribution >= 0.6 is 0 Å². The standard InChI is InChI=1S/C16H25N3O/c1-12-10-13(16(17)18)6-7-14(12)11-19(8-3-9-20)15-4-2-5-15/h6-7,10,15,20H,2-5,8-9,11H2,1H3,(H3,17,18). The predicted octanol–water partition coefficient (Wildman–Crippen LogP) is 2.02. The molecule has 0 aromatic heterocycles. The zero-order valence-electron chi connectivity index (χ0n) is 12.2. The molecule has 0 aliphatic heterocycles. The smallest absolute Gasteiger partial charge is 0.122 e. The van der Waals surface area contributed by atoms with Gasteiger partial charge in [-0.2, -0.15) is 0 Å². The number of nitrogens with one attached hydrogen (secondary N) is 1. The van der Waals surface area contributed by atoms with E-state index in [-0.39, 0.29) is 12.4 Å². The Morgan fingerprint density at radius 3 is 2.70 bits per heavy atom. The largest absolute Gasteiger partial charge is 0.396 e. The molecule has 2 rings (SSSR count). The lowest BCUT2D eigenvalue weighted by Gasteiger charge is -2.38. The van der Waals surface area contributed by atoms with E-state index in [1.165, 1.54) is 30.4 Å². The molecule has 0 heterocycles. The molecule has 1 aromatic rings. The van der Waals surface area contributed by atoms with Crippen molar-refractivity contribution in [3.63, 3.8) is 0 Å². The summed E-state index contributed by atoms with van der Waals surface area (Å²) in [6.07, 6.45) is 4.70. The van der Waals surface area contributed by atoms with Crippen molar-refractivity contribution in [1.29, 1.82) is 5.41 Å². The van der Waals surface area contributed by atoms with Crippen LogP contribution in [0, 0.1) is 12.3 Å². The van der Waals surface area contributed by atoms with Gasteiger partial charge in [0, 0.05) is 31.3 Å². The van der Waals surface area contributed by atoms with E-state index >= 15 is 0 Å². The quantitative estimate of drug-likeness (QED) is 0.526. The van der Waals surface area contributed by atoms with Gasteiger partial charge in [0.1, 0.15) is 5.84 Å². The highest BCUT2D eigenvalue weighted by Gasteiger charge is 2.24. The third kappa shape index (κ3) is 3.58. The Bertz CT molecular complexity index is 469. The SMILES string of the molecule is Cc1cc(C(=N)N)ccc1CN(CCCO)C1CCC1. The number of nitrogens with two attached hydrogens (primary N) is 1. The van der Waals surface area contributed by atoms with Crippen molar-refractivity contribution < 1.29 is 5.11 Å². The normalized spacial score (nSPS) is 15.3. The highest BCUT2D eigenvalue weighted by Crippen LogP contribution is 2.27. The maximum atomic E-state index is 9.04.